The molecule has 0 bridgehead atoms. The molecule has 4 rings (SSSR count). The Morgan fingerprint density at radius 2 is 1.78 bits per heavy atom. The van der Waals surface area contributed by atoms with E-state index in [4.69, 9.17) is 9.47 Å². The molecule has 0 N–H and O–H groups in total. The van der Waals surface area contributed by atoms with Gasteiger partial charge in [0.25, 0.3) is 5.91 Å². The van der Waals surface area contributed by atoms with E-state index < -0.39 is 0 Å². The van der Waals surface area contributed by atoms with E-state index in [2.05, 4.69) is 21.0 Å². The first kappa shape index (κ1) is 21.8. The van der Waals surface area contributed by atoms with Crippen LogP contribution in [0.15, 0.2) is 81.9 Å². The third-order valence-electron chi connectivity index (χ3n) is 4.99. The summed E-state index contributed by atoms with van der Waals surface area (Å²) in [6.07, 6.45) is 1.76. The fourth-order valence-electron chi connectivity index (χ4n) is 3.29. The topological polar surface area (TPSA) is 51.1 Å². The van der Waals surface area contributed by atoms with Crippen LogP contribution >= 0.6 is 15.9 Å². The number of hydrogen-bond acceptors (Lipinski definition) is 4. The van der Waals surface area contributed by atoms with Gasteiger partial charge in [-0.05, 0) is 48.9 Å². The Balaban J connectivity index is 1.60. The number of amides is 1. The number of hydrogen-bond donors (Lipinski definition) is 0. The van der Waals surface area contributed by atoms with Crippen LogP contribution in [0.4, 0.5) is 10.1 Å². The molecule has 5 nitrogen and oxygen atoms in total. The molecular formula is C25H20BrFN2O3. The molecule has 3 aromatic carbocycles. The lowest BCUT2D eigenvalue weighted by molar-refractivity contribution is -0.114. The molecule has 0 saturated heterocycles. The maximum Gasteiger partial charge on any atom is 0.280 e. The third-order valence-corrected chi connectivity index (χ3v) is 5.67. The number of rotatable bonds is 6. The lowest BCUT2D eigenvalue weighted by atomic mass is 10.1. The number of carbonyl (C=O) groups is 1. The summed E-state index contributed by atoms with van der Waals surface area (Å²) in [5.41, 5.74) is 2.98. The van der Waals surface area contributed by atoms with Gasteiger partial charge in [0.2, 0.25) is 0 Å². The fraction of sp³-hybridized carbons (Fsp3) is 0.120. The largest absolute Gasteiger partial charge is 0.493 e. The summed E-state index contributed by atoms with van der Waals surface area (Å²) in [5, 5.41) is 5.79. The molecule has 1 aliphatic heterocycles. The van der Waals surface area contributed by atoms with Gasteiger partial charge in [-0.2, -0.15) is 10.1 Å². The molecule has 0 unspecified atom stereocenters. The zero-order chi connectivity index (χ0) is 22.7. The van der Waals surface area contributed by atoms with Crippen molar-refractivity contribution in [1.82, 2.24) is 0 Å². The van der Waals surface area contributed by atoms with E-state index in [1.165, 1.54) is 18.2 Å². The number of benzene rings is 3. The SMILES string of the molecule is COc1cc(/C=C2/C(=O)N(c3ccccc3)N=C2C)c(Br)cc1OCc1ccccc1F. The van der Waals surface area contributed by atoms with Gasteiger partial charge in [-0.3, -0.25) is 4.79 Å². The van der Waals surface area contributed by atoms with E-state index in [0.717, 1.165) is 5.56 Å². The Bertz CT molecular complexity index is 1230. The summed E-state index contributed by atoms with van der Waals surface area (Å²) in [4.78, 5) is 13.0. The van der Waals surface area contributed by atoms with Gasteiger partial charge in [0.1, 0.15) is 12.4 Å². The zero-order valence-electron chi connectivity index (χ0n) is 17.5. The number of halogens is 2. The number of carbonyl (C=O) groups excluding carboxylic acids is 1. The van der Waals surface area contributed by atoms with Crippen LogP contribution in [0, 0.1) is 5.82 Å². The lowest BCUT2D eigenvalue weighted by Gasteiger charge is -2.14. The first-order valence-corrected chi connectivity index (χ1v) is 10.7. The molecule has 0 aromatic heterocycles. The van der Waals surface area contributed by atoms with Gasteiger partial charge in [0, 0.05) is 10.0 Å². The van der Waals surface area contributed by atoms with Gasteiger partial charge >= 0.3 is 0 Å². The van der Waals surface area contributed by atoms with E-state index >= 15 is 0 Å². The van der Waals surface area contributed by atoms with Crippen molar-refractivity contribution in [3.63, 3.8) is 0 Å². The summed E-state index contributed by atoms with van der Waals surface area (Å²) >= 11 is 3.54. The van der Waals surface area contributed by atoms with Crippen LogP contribution in [0.1, 0.15) is 18.1 Å². The molecule has 0 radical (unpaired) electrons. The number of hydrazone groups is 1. The molecule has 1 heterocycles. The Hall–Kier alpha value is -3.45. The van der Waals surface area contributed by atoms with Crippen LogP contribution in [0.2, 0.25) is 0 Å². The number of anilines is 1. The van der Waals surface area contributed by atoms with Gasteiger partial charge in [-0.15, -0.1) is 0 Å². The van der Waals surface area contributed by atoms with Crippen molar-refractivity contribution in [3.8, 4) is 11.5 Å². The molecule has 0 spiro atoms. The molecule has 3 aromatic rings. The van der Waals surface area contributed by atoms with Crippen molar-refractivity contribution in [1.29, 1.82) is 0 Å². The minimum atomic E-state index is -0.329. The summed E-state index contributed by atoms with van der Waals surface area (Å²) in [5.74, 6) is 0.388. The number of para-hydroxylation sites is 1. The average molecular weight is 495 g/mol. The van der Waals surface area contributed by atoms with E-state index in [0.29, 0.717) is 38.5 Å². The predicted octanol–water partition coefficient (Wildman–Crippen LogP) is 5.98. The minimum Gasteiger partial charge on any atom is -0.493 e. The molecule has 32 heavy (non-hydrogen) atoms. The van der Waals surface area contributed by atoms with Crippen molar-refractivity contribution in [2.24, 2.45) is 5.10 Å². The quantitative estimate of drug-likeness (QED) is 0.396. The highest BCUT2D eigenvalue weighted by Gasteiger charge is 2.29. The van der Waals surface area contributed by atoms with Crippen LogP contribution < -0.4 is 14.5 Å². The maximum absolute atomic E-state index is 13.9. The van der Waals surface area contributed by atoms with E-state index in [9.17, 15) is 9.18 Å². The molecule has 0 fully saturated rings. The molecule has 1 amide bonds. The molecule has 0 atom stereocenters. The number of ether oxygens (including phenoxy) is 2. The normalized spacial score (nSPS) is 14.6. The zero-order valence-corrected chi connectivity index (χ0v) is 19.1. The van der Waals surface area contributed by atoms with E-state index in [1.807, 2.05) is 30.3 Å². The first-order valence-electron chi connectivity index (χ1n) is 9.88. The second-order valence-corrected chi connectivity index (χ2v) is 7.95. The van der Waals surface area contributed by atoms with Crippen LogP contribution in [-0.4, -0.2) is 18.7 Å². The van der Waals surface area contributed by atoms with Crippen LogP contribution in [-0.2, 0) is 11.4 Å². The lowest BCUT2D eigenvalue weighted by Crippen LogP contribution is -2.21. The van der Waals surface area contributed by atoms with Crippen molar-refractivity contribution in [2.45, 2.75) is 13.5 Å². The van der Waals surface area contributed by atoms with Gasteiger partial charge in [0.05, 0.1) is 24.1 Å². The molecule has 0 aliphatic carbocycles. The summed E-state index contributed by atoms with van der Waals surface area (Å²) < 4.78 is 25.9. The Morgan fingerprint density at radius 1 is 1.06 bits per heavy atom. The predicted molar refractivity (Wildman–Crippen MR) is 126 cm³/mol. The molecule has 0 saturated carbocycles. The summed E-state index contributed by atoms with van der Waals surface area (Å²) in [7, 11) is 1.53. The second kappa shape index (κ2) is 9.36. The highest BCUT2D eigenvalue weighted by Crippen LogP contribution is 2.36. The minimum absolute atomic E-state index is 0.0617. The molecule has 7 heteroatoms. The van der Waals surface area contributed by atoms with Crippen molar-refractivity contribution in [2.75, 3.05) is 12.1 Å². The average Bonchev–Trinajstić information content (AvgIpc) is 3.08. The Kier molecular flexibility index (Phi) is 6.37. The Labute approximate surface area is 193 Å². The van der Waals surface area contributed by atoms with Gasteiger partial charge in [-0.1, -0.05) is 52.3 Å². The van der Waals surface area contributed by atoms with Crippen LogP contribution in [0.5, 0.6) is 11.5 Å². The van der Waals surface area contributed by atoms with Gasteiger partial charge in [0.15, 0.2) is 11.5 Å². The van der Waals surface area contributed by atoms with Crippen molar-refractivity contribution < 1.29 is 18.7 Å². The monoisotopic (exact) mass is 494 g/mol. The Morgan fingerprint density at radius 3 is 2.50 bits per heavy atom. The third kappa shape index (κ3) is 4.43. The van der Waals surface area contributed by atoms with Crippen LogP contribution in [0.25, 0.3) is 6.08 Å². The molecule has 162 valence electrons. The van der Waals surface area contributed by atoms with Crippen molar-refractivity contribution in [3.05, 3.63) is 93.7 Å². The van der Waals surface area contributed by atoms with Crippen LogP contribution in [0.3, 0.4) is 0 Å². The standard InChI is InChI=1S/C25H20BrFN2O3/c1-16-20(25(30)29(28-16)19-9-4-3-5-10-19)12-18-13-23(31-2)24(14-21(18)26)32-15-17-8-6-7-11-22(17)27/h3-14H,15H2,1-2H3/b20-12+. The van der Waals surface area contributed by atoms with Gasteiger partial charge in [-0.25, -0.2) is 4.39 Å². The summed E-state index contributed by atoms with van der Waals surface area (Å²) in [6.45, 7) is 1.86. The van der Waals surface area contributed by atoms with E-state index in [1.54, 1.807) is 43.3 Å². The molecular weight excluding hydrogens is 475 g/mol. The number of nitrogens with zero attached hydrogens (tertiary/aromatic N) is 2. The highest BCUT2D eigenvalue weighted by molar-refractivity contribution is 9.10. The molecule has 1 aliphatic rings. The highest BCUT2D eigenvalue weighted by atomic mass is 79.9. The van der Waals surface area contributed by atoms with Crippen molar-refractivity contribution >= 4 is 39.3 Å². The summed E-state index contributed by atoms with van der Waals surface area (Å²) in [6, 6.07) is 19.2. The van der Waals surface area contributed by atoms with Gasteiger partial charge < -0.3 is 9.47 Å². The second-order valence-electron chi connectivity index (χ2n) is 7.10. The fourth-order valence-corrected chi connectivity index (χ4v) is 3.73. The number of methoxy groups -OCH3 is 1. The van der Waals surface area contributed by atoms with E-state index in [-0.39, 0.29) is 18.3 Å². The maximum atomic E-state index is 13.9. The smallest absolute Gasteiger partial charge is 0.280 e. The first-order chi connectivity index (χ1) is 15.5.